The number of fused-ring (bicyclic) bond motifs is 1. The average molecular weight is 219 g/mol. The molecule has 0 aliphatic carbocycles. The van der Waals surface area contributed by atoms with E-state index in [0.29, 0.717) is 13.2 Å². The molecular formula is C12H18BNO2. The zero-order chi connectivity index (χ0) is 11.5. The van der Waals surface area contributed by atoms with Crippen LogP contribution in [0.2, 0.25) is 0 Å². The molecule has 2 rings (SSSR count). The van der Waals surface area contributed by atoms with Crippen LogP contribution in [-0.4, -0.2) is 39.3 Å². The zero-order valence-corrected chi connectivity index (χ0v) is 10.2. The molecule has 0 aromatic heterocycles. The smallest absolute Gasteiger partial charge is 0.406 e. The third-order valence-electron chi connectivity index (χ3n) is 2.75. The Kier molecular flexibility index (Phi) is 3.64. The van der Waals surface area contributed by atoms with Crippen molar-refractivity contribution in [2.45, 2.75) is 13.5 Å². The average Bonchev–Trinajstić information content (AvgIpc) is 2.60. The molecule has 0 unspecified atom stereocenters. The van der Waals surface area contributed by atoms with Crippen molar-refractivity contribution < 1.29 is 9.31 Å². The Morgan fingerprint density at radius 3 is 3.00 bits per heavy atom. The molecule has 0 fully saturated rings. The number of rotatable bonds is 4. The monoisotopic (exact) mass is 219 g/mol. The first-order valence-electron chi connectivity index (χ1n) is 5.64. The van der Waals surface area contributed by atoms with Gasteiger partial charge in [-0.05, 0) is 32.0 Å². The van der Waals surface area contributed by atoms with E-state index >= 15 is 0 Å². The predicted octanol–water partition coefficient (Wildman–Crippen LogP) is 0.799. The minimum absolute atomic E-state index is 0.171. The third-order valence-corrected chi connectivity index (χ3v) is 2.75. The van der Waals surface area contributed by atoms with E-state index in [1.54, 1.807) is 0 Å². The summed E-state index contributed by atoms with van der Waals surface area (Å²) in [5.74, 6) is 0. The standard InChI is InChI=1S/C12H18BNO2/c1-10-4-5-12-11(8-10)9-16-13(12)15-7-6-14(2)3/h4-5,8H,6-7,9H2,1-3H3. The first kappa shape index (κ1) is 11.6. The molecule has 0 spiro atoms. The Bertz CT molecular complexity index is 368. The maximum atomic E-state index is 5.72. The van der Waals surface area contributed by atoms with Crippen molar-refractivity contribution in [2.24, 2.45) is 0 Å². The molecule has 1 aliphatic heterocycles. The van der Waals surface area contributed by atoms with Crippen LogP contribution in [0.15, 0.2) is 18.2 Å². The van der Waals surface area contributed by atoms with Gasteiger partial charge in [0, 0.05) is 13.2 Å². The highest BCUT2D eigenvalue weighted by Gasteiger charge is 2.30. The fraction of sp³-hybridized carbons (Fsp3) is 0.500. The van der Waals surface area contributed by atoms with Gasteiger partial charge in [0.1, 0.15) is 0 Å². The summed E-state index contributed by atoms with van der Waals surface area (Å²) in [6.45, 7) is 4.39. The van der Waals surface area contributed by atoms with Crippen molar-refractivity contribution in [2.75, 3.05) is 27.2 Å². The van der Waals surface area contributed by atoms with Crippen molar-refractivity contribution in [3.63, 3.8) is 0 Å². The molecule has 1 aromatic carbocycles. The van der Waals surface area contributed by atoms with E-state index in [9.17, 15) is 0 Å². The highest BCUT2D eigenvalue weighted by atomic mass is 16.6. The predicted molar refractivity (Wildman–Crippen MR) is 65.9 cm³/mol. The Hall–Kier alpha value is -0.835. The van der Waals surface area contributed by atoms with E-state index in [1.807, 2.05) is 14.1 Å². The van der Waals surface area contributed by atoms with Crippen LogP contribution in [0.3, 0.4) is 0 Å². The van der Waals surface area contributed by atoms with Crippen molar-refractivity contribution in [3.05, 3.63) is 29.3 Å². The molecule has 1 aliphatic rings. The second-order valence-electron chi connectivity index (χ2n) is 4.52. The topological polar surface area (TPSA) is 21.7 Å². The summed E-state index contributed by atoms with van der Waals surface area (Å²) in [6, 6.07) is 6.39. The number of hydrogen-bond donors (Lipinski definition) is 0. The molecule has 16 heavy (non-hydrogen) atoms. The quantitative estimate of drug-likeness (QED) is 0.699. The van der Waals surface area contributed by atoms with Crippen LogP contribution in [0.4, 0.5) is 0 Å². The normalized spacial score (nSPS) is 14.6. The van der Waals surface area contributed by atoms with Crippen LogP contribution in [0.5, 0.6) is 0 Å². The molecule has 0 bridgehead atoms. The number of likely N-dealkylation sites (N-methyl/N-ethyl adjacent to an activating group) is 1. The summed E-state index contributed by atoms with van der Waals surface area (Å²) in [4.78, 5) is 2.10. The Morgan fingerprint density at radius 2 is 2.25 bits per heavy atom. The molecular weight excluding hydrogens is 201 g/mol. The Balaban J connectivity index is 1.95. The van der Waals surface area contributed by atoms with Gasteiger partial charge in [-0.1, -0.05) is 23.8 Å². The lowest BCUT2D eigenvalue weighted by atomic mass is 9.78. The summed E-state index contributed by atoms with van der Waals surface area (Å²) in [7, 11) is 3.90. The van der Waals surface area contributed by atoms with Crippen molar-refractivity contribution in [1.82, 2.24) is 4.90 Å². The number of nitrogens with zero attached hydrogens (tertiary/aromatic N) is 1. The number of benzene rings is 1. The van der Waals surface area contributed by atoms with E-state index < -0.39 is 0 Å². The summed E-state index contributed by atoms with van der Waals surface area (Å²) < 4.78 is 11.3. The maximum absolute atomic E-state index is 5.72. The van der Waals surface area contributed by atoms with Gasteiger partial charge in [-0.25, -0.2) is 0 Å². The summed E-state index contributed by atoms with van der Waals surface area (Å²) in [5.41, 5.74) is 3.72. The minimum Gasteiger partial charge on any atom is -0.406 e. The van der Waals surface area contributed by atoms with Gasteiger partial charge in [0.2, 0.25) is 0 Å². The summed E-state index contributed by atoms with van der Waals surface area (Å²) >= 11 is 0. The van der Waals surface area contributed by atoms with Crippen LogP contribution in [-0.2, 0) is 15.9 Å². The first-order valence-corrected chi connectivity index (χ1v) is 5.64. The lowest BCUT2D eigenvalue weighted by molar-refractivity contribution is 0.193. The molecule has 1 aromatic rings. The van der Waals surface area contributed by atoms with E-state index in [0.717, 1.165) is 6.54 Å². The van der Waals surface area contributed by atoms with Gasteiger partial charge in [0.25, 0.3) is 0 Å². The van der Waals surface area contributed by atoms with E-state index in [4.69, 9.17) is 9.31 Å². The molecule has 0 radical (unpaired) electrons. The fourth-order valence-electron chi connectivity index (χ4n) is 1.82. The summed E-state index contributed by atoms with van der Waals surface area (Å²) in [6.07, 6.45) is 0. The SMILES string of the molecule is Cc1ccc2c(c1)COB2OCCN(C)C. The van der Waals surface area contributed by atoms with E-state index in [-0.39, 0.29) is 7.12 Å². The van der Waals surface area contributed by atoms with Crippen LogP contribution in [0.1, 0.15) is 11.1 Å². The molecule has 86 valence electrons. The molecule has 1 heterocycles. The molecule has 0 saturated carbocycles. The number of aryl methyl sites for hydroxylation is 1. The number of hydrogen-bond acceptors (Lipinski definition) is 3. The second kappa shape index (κ2) is 5.00. The van der Waals surface area contributed by atoms with Crippen molar-refractivity contribution >= 4 is 12.6 Å². The van der Waals surface area contributed by atoms with Gasteiger partial charge >= 0.3 is 7.12 Å². The minimum atomic E-state index is -0.171. The fourth-order valence-corrected chi connectivity index (χ4v) is 1.82. The first-order chi connectivity index (χ1) is 7.66. The van der Waals surface area contributed by atoms with Crippen LogP contribution in [0.25, 0.3) is 0 Å². The van der Waals surface area contributed by atoms with Crippen molar-refractivity contribution in [3.8, 4) is 0 Å². The lowest BCUT2D eigenvalue weighted by Gasteiger charge is -2.12. The molecule has 0 amide bonds. The van der Waals surface area contributed by atoms with E-state index in [2.05, 4.69) is 30.0 Å². The highest BCUT2D eigenvalue weighted by molar-refractivity contribution is 6.62. The van der Waals surface area contributed by atoms with Gasteiger partial charge in [-0.2, -0.15) is 0 Å². The largest absolute Gasteiger partial charge is 0.494 e. The van der Waals surface area contributed by atoms with Crippen LogP contribution >= 0.6 is 0 Å². The third kappa shape index (κ3) is 2.64. The van der Waals surface area contributed by atoms with E-state index in [1.165, 1.54) is 16.6 Å². The van der Waals surface area contributed by atoms with Crippen LogP contribution < -0.4 is 5.46 Å². The maximum Gasteiger partial charge on any atom is 0.494 e. The molecule has 0 atom stereocenters. The van der Waals surface area contributed by atoms with Gasteiger partial charge in [-0.15, -0.1) is 0 Å². The molecule has 0 saturated heterocycles. The Morgan fingerprint density at radius 1 is 1.44 bits per heavy atom. The molecule has 3 nitrogen and oxygen atoms in total. The highest BCUT2D eigenvalue weighted by Crippen LogP contribution is 2.13. The van der Waals surface area contributed by atoms with Crippen LogP contribution in [0, 0.1) is 6.92 Å². The zero-order valence-electron chi connectivity index (χ0n) is 10.2. The Labute approximate surface area is 97.5 Å². The molecule has 0 N–H and O–H groups in total. The van der Waals surface area contributed by atoms with Gasteiger partial charge in [-0.3, -0.25) is 0 Å². The second-order valence-corrected chi connectivity index (χ2v) is 4.52. The van der Waals surface area contributed by atoms with Gasteiger partial charge in [0.15, 0.2) is 0 Å². The lowest BCUT2D eigenvalue weighted by Crippen LogP contribution is -2.34. The molecule has 4 heteroatoms. The van der Waals surface area contributed by atoms with Gasteiger partial charge in [0.05, 0.1) is 6.61 Å². The van der Waals surface area contributed by atoms with Gasteiger partial charge < -0.3 is 14.2 Å². The van der Waals surface area contributed by atoms with Crippen molar-refractivity contribution in [1.29, 1.82) is 0 Å². The summed E-state index contributed by atoms with van der Waals surface area (Å²) in [5, 5.41) is 0.